The van der Waals surface area contributed by atoms with Crippen LogP contribution in [0.15, 0.2) is 18.2 Å². The quantitative estimate of drug-likeness (QED) is 0.891. The van der Waals surface area contributed by atoms with Crippen LogP contribution in [0.2, 0.25) is 10.0 Å². The van der Waals surface area contributed by atoms with Gasteiger partial charge in [0.1, 0.15) is 0 Å². The van der Waals surface area contributed by atoms with Gasteiger partial charge >= 0.3 is 0 Å². The highest BCUT2D eigenvalue weighted by atomic mass is 35.5. The second kappa shape index (κ2) is 7.75. The fraction of sp³-hybridized carbons (Fsp3) is 0.571. The molecule has 1 unspecified atom stereocenters. The zero-order chi connectivity index (χ0) is 13.7. The molecule has 1 fully saturated rings. The maximum atomic E-state index is 6.30. The third-order valence-corrected chi connectivity index (χ3v) is 5.32. The van der Waals surface area contributed by atoms with Gasteiger partial charge in [-0.25, -0.2) is 0 Å². The van der Waals surface area contributed by atoms with Crippen LogP contribution in [0.25, 0.3) is 0 Å². The topological polar surface area (TPSA) is 15.3 Å². The van der Waals surface area contributed by atoms with Gasteiger partial charge in [0.25, 0.3) is 0 Å². The molecule has 0 saturated carbocycles. The number of rotatable bonds is 5. The average molecular weight is 319 g/mol. The molecule has 1 saturated heterocycles. The second-order valence-electron chi connectivity index (χ2n) is 4.73. The van der Waals surface area contributed by atoms with Crippen molar-refractivity contribution >= 4 is 35.0 Å². The smallest absolute Gasteiger partial charge is 0.0640 e. The summed E-state index contributed by atoms with van der Waals surface area (Å²) >= 11 is 14.4. The molecule has 1 atom stereocenters. The summed E-state index contributed by atoms with van der Waals surface area (Å²) in [6.07, 6.45) is 1.06. The Balaban J connectivity index is 1.97. The molecule has 1 heterocycles. The number of nitrogens with one attached hydrogen (secondary N) is 1. The Morgan fingerprint density at radius 3 is 2.74 bits per heavy atom. The lowest BCUT2D eigenvalue weighted by Crippen LogP contribution is -2.35. The zero-order valence-corrected chi connectivity index (χ0v) is 13.5. The molecule has 0 spiro atoms. The molecule has 2 rings (SSSR count). The van der Waals surface area contributed by atoms with Gasteiger partial charge in [-0.1, -0.05) is 35.3 Å². The van der Waals surface area contributed by atoms with Crippen molar-refractivity contribution in [3.05, 3.63) is 33.8 Å². The van der Waals surface area contributed by atoms with Crippen LogP contribution < -0.4 is 5.32 Å². The van der Waals surface area contributed by atoms with Crippen molar-refractivity contribution in [2.24, 2.45) is 0 Å². The van der Waals surface area contributed by atoms with Gasteiger partial charge in [0.05, 0.1) is 10.0 Å². The molecule has 1 aliphatic rings. The van der Waals surface area contributed by atoms with Gasteiger partial charge in [-0.3, -0.25) is 0 Å². The molecule has 1 aromatic carbocycles. The molecule has 0 bridgehead atoms. The predicted molar refractivity (Wildman–Crippen MR) is 86.6 cm³/mol. The summed E-state index contributed by atoms with van der Waals surface area (Å²) in [4.78, 5) is 2.53. The Morgan fingerprint density at radius 2 is 2.05 bits per heavy atom. The zero-order valence-electron chi connectivity index (χ0n) is 11.2. The minimum atomic E-state index is 0.265. The normalized spacial score (nSPS) is 18.5. The molecule has 0 radical (unpaired) electrons. The number of hydrogen-bond donors (Lipinski definition) is 1. The summed E-state index contributed by atoms with van der Waals surface area (Å²) in [5.74, 6) is 2.50. The maximum absolute atomic E-state index is 6.30. The van der Waals surface area contributed by atoms with Gasteiger partial charge in [-0.15, -0.1) is 0 Å². The van der Waals surface area contributed by atoms with Crippen molar-refractivity contribution in [3.8, 4) is 0 Å². The number of nitrogens with zero attached hydrogens (tertiary/aromatic N) is 1. The van der Waals surface area contributed by atoms with E-state index in [0.29, 0.717) is 10.0 Å². The maximum Gasteiger partial charge on any atom is 0.0640 e. The van der Waals surface area contributed by atoms with Crippen LogP contribution >= 0.6 is 35.0 Å². The molecule has 0 aliphatic carbocycles. The van der Waals surface area contributed by atoms with E-state index in [4.69, 9.17) is 23.2 Å². The van der Waals surface area contributed by atoms with Crippen molar-refractivity contribution in [2.45, 2.75) is 12.5 Å². The third-order valence-electron chi connectivity index (χ3n) is 3.54. The highest BCUT2D eigenvalue weighted by Crippen LogP contribution is 2.31. The Hall–Kier alpha value is 0.0700. The van der Waals surface area contributed by atoms with Crippen LogP contribution in [0.5, 0.6) is 0 Å². The van der Waals surface area contributed by atoms with Gasteiger partial charge in [0.2, 0.25) is 0 Å². The van der Waals surface area contributed by atoms with Gasteiger partial charge < -0.3 is 10.2 Å². The van der Waals surface area contributed by atoms with Crippen LogP contribution in [0.3, 0.4) is 0 Å². The molecule has 0 aromatic heterocycles. The minimum Gasteiger partial charge on any atom is -0.313 e. The summed E-state index contributed by atoms with van der Waals surface area (Å²) in [5, 5.41) is 4.66. The van der Waals surface area contributed by atoms with Gasteiger partial charge in [0.15, 0.2) is 0 Å². The lowest BCUT2D eigenvalue weighted by Gasteiger charge is -2.28. The summed E-state index contributed by atoms with van der Waals surface area (Å²) < 4.78 is 0. The van der Waals surface area contributed by atoms with Crippen LogP contribution in [-0.4, -0.2) is 43.1 Å². The fourth-order valence-electron chi connectivity index (χ4n) is 2.38. The van der Waals surface area contributed by atoms with E-state index < -0.39 is 0 Å². The monoisotopic (exact) mass is 318 g/mol. The number of halogens is 2. The van der Waals surface area contributed by atoms with E-state index in [9.17, 15) is 0 Å². The van der Waals surface area contributed by atoms with Crippen molar-refractivity contribution in [3.63, 3.8) is 0 Å². The summed E-state index contributed by atoms with van der Waals surface area (Å²) in [7, 11) is 1.98. The van der Waals surface area contributed by atoms with Gasteiger partial charge in [0, 0.05) is 37.2 Å². The van der Waals surface area contributed by atoms with E-state index in [0.717, 1.165) is 18.5 Å². The predicted octanol–water partition coefficient (Wildman–Crippen LogP) is 3.69. The first-order valence-corrected chi connectivity index (χ1v) is 8.54. The lowest BCUT2D eigenvalue weighted by atomic mass is 10.0. The van der Waals surface area contributed by atoms with Crippen molar-refractivity contribution in [1.82, 2.24) is 10.2 Å². The molecule has 1 aromatic rings. The first-order valence-electron chi connectivity index (χ1n) is 6.63. The average Bonchev–Trinajstić information content (AvgIpc) is 2.45. The van der Waals surface area contributed by atoms with Crippen molar-refractivity contribution in [1.29, 1.82) is 0 Å². The van der Waals surface area contributed by atoms with E-state index in [-0.39, 0.29) is 6.04 Å². The van der Waals surface area contributed by atoms with Crippen LogP contribution in [0.4, 0.5) is 0 Å². The highest BCUT2D eigenvalue weighted by Gasteiger charge is 2.17. The lowest BCUT2D eigenvalue weighted by molar-refractivity contribution is 0.283. The Bertz CT molecular complexity index is 408. The molecule has 1 aliphatic heterocycles. The first-order chi connectivity index (χ1) is 9.22. The number of benzene rings is 1. The molecule has 5 heteroatoms. The van der Waals surface area contributed by atoms with Gasteiger partial charge in [-0.2, -0.15) is 11.8 Å². The highest BCUT2D eigenvalue weighted by molar-refractivity contribution is 7.99. The van der Waals surface area contributed by atoms with Crippen LogP contribution in [0, 0.1) is 0 Å². The first kappa shape index (κ1) is 15.5. The number of thioether (sulfide) groups is 1. The van der Waals surface area contributed by atoms with Crippen molar-refractivity contribution in [2.75, 3.05) is 38.2 Å². The van der Waals surface area contributed by atoms with E-state index in [1.54, 1.807) is 0 Å². The second-order valence-corrected chi connectivity index (χ2v) is 6.74. The molecule has 106 valence electrons. The van der Waals surface area contributed by atoms with Crippen molar-refractivity contribution < 1.29 is 0 Å². The minimum absolute atomic E-state index is 0.265. The summed E-state index contributed by atoms with van der Waals surface area (Å²) in [6.45, 7) is 3.50. The van der Waals surface area contributed by atoms with E-state index >= 15 is 0 Å². The Morgan fingerprint density at radius 1 is 1.32 bits per heavy atom. The third kappa shape index (κ3) is 4.27. The van der Waals surface area contributed by atoms with Crippen LogP contribution in [0.1, 0.15) is 18.0 Å². The largest absolute Gasteiger partial charge is 0.313 e. The van der Waals surface area contributed by atoms with Gasteiger partial charge in [-0.05, 0) is 25.1 Å². The molecule has 0 amide bonds. The Labute approximate surface area is 129 Å². The van der Waals surface area contributed by atoms with E-state index in [1.165, 1.54) is 24.6 Å². The fourth-order valence-corrected chi connectivity index (χ4v) is 3.80. The Kier molecular flexibility index (Phi) is 6.30. The molecule has 19 heavy (non-hydrogen) atoms. The molecular weight excluding hydrogens is 299 g/mol. The molecule has 1 N–H and O–H groups in total. The summed E-state index contributed by atoms with van der Waals surface area (Å²) in [5.41, 5.74) is 1.10. The van der Waals surface area contributed by atoms with Crippen LogP contribution in [-0.2, 0) is 0 Å². The molecule has 2 nitrogen and oxygen atoms in total. The van der Waals surface area contributed by atoms with E-state index in [2.05, 4.69) is 16.3 Å². The standard InChI is InChI=1S/C14H20Cl2N2S/c1-17-13(5-6-18-7-9-19-10-8-18)11-3-2-4-12(15)14(11)16/h2-4,13,17H,5-10H2,1H3. The number of hydrogen-bond acceptors (Lipinski definition) is 3. The van der Waals surface area contributed by atoms with E-state index in [1.807, 2.05) is 30.9 Å². The summed E-state index contributed by atoms with van der Waals surface area (Å²) in [6, 6.07) is 6.12. The SMILES string of the molecule is CNC(CCN1CCSCC1)c1cccc(Cl)c1Cl. The molecular formula is C14H20Cl2N2S.